The molecule has 2 N–H and O–H groups in total. The molecular formula is C11H16N2Si. The van der Waals surface area contributed by atoms with Gasteiger partial charge >= 0.3 is 0 Å². The van der Waals surface area contributed by atoms with Crippen molar-refractivity contribution in [2.75, 3.05) is 5.73 Å². The van der Waals surface area contributed by atoms with Crippen LogP contribution < -0.4 is 5.73 Å². The molecule has 0 saturated carbocycles. The second kappa shape index (κ2) is 3.85. The molecule has 1 rings (SSSR count). The van der Waals surface area contributed by atoms with Gasteiger partial charge in [0.25, 0.3) is 0 Å². The third kappa shape index (κ3) is 3.23. The fraction of sp³-hybridized carbons (Fsp3) is 0.364. The molecule has 0 aliphatic rings. The number of aryl methyl sites for hydroxylation is 1. The van der Waals surface area contributed by atoms with Gasteiger partial charge in [0.1, 0.15) is 13.9 Å². The summed E-state index contributed by atoms with van der Waals surface area (Å²) in [7, 11) is -1.32. The molecule has 1 aromatic rings. The van der Waals surface area contributed by atoms with Gasteiger partial charge in [-0.25, -0.2) is 4.98 Å². The highest BCUT2D eigenvalue weighted by atomic mass is 28.3. The standard InChI is InChI=1S/C11H16N2Si/c1-9-7-10(11(12)13-8-9)5-6-14(2,3)4/h7-8H,1-4H3,(H2,12,13). The lowest BCUT2D eigenvalue weighted by Gasteiger charge is -2.04. The fourth-order valence-electron chi connectivity index (χ4n) is 0.935. The van der Waals surface area contributed by atoms with E-state index in [0.29, 0.717) is 5.82 Å². The van der Waals surface area contributed by atoms with Gasteiger partial charge in [-0.1, -0.05) is 25.6 Å². The Balaban J connectivity index is 3.06. The minimum absolute atomic E-state index is 0.529. The van der Waals surface area contributed by atoms with Crippen LogP contribution in [0.3, 0.4) is 0 Å². The lowest BCUT2D eigenvalue weighted by molar-refractivity contribution is 1.26. The summed E-state index contributed by atoms with van der Waals surface area (Å²) < 4.78 is 0. The van der Waals surface area contributed by atoms with Crippen molar-refractivity contribution >= 4 is 13.9 Å². The zero-order valence-corrected chi connectivity index (χ0v) is 10.2. The molecule has 0 spiro atoms. The third-order valence-corrected chi connectivity index (χ3v) is 2.50. The third-order valence-electron chi connectivity index (χ3n) is 1.63. The zero-order chi connectivity index (χ0) is 10.8. The van der Waals surface area contributed by atoms with Crippen LogP contribution in [-0.2, 0) is 0 Å². The van der Waals surface area contributed by atoms with E-state index < -0.39 is 8.07 Å². The monoisotopic (exact) mass is 204 g/mol. The van der Waals surface area contributed by atoms with Gasteiger partial charge in [0.15, 0.2) is 0 Å². The van der Waals surface area contributed by atoms with Crippen molar-refractivity contribution in [2.24, 2.45) is 0 Å². The van der Waals surface area contributed by atoms with Gasteiger partial charge in [-0.05, 0) is 18.6 Å². The quantitative estimate of drug-likeness (QED) is 0.520. The summed E-state index contributed by atoms with van der Waals surface area (Å²) in [6.07, 6.45) is 1.76. The highest BCUT2D eigenvalue weighted by Gasteiger charge is 2.08. The molecular weight excluding hydrogens is 188 g/mol. The van der Waals surface area contributed by atoms with Gasteiger partial charge < -0.3 is 5.73 Å². The van der Waals surface area contributed by atoms with Gasteiger partial charge in [0, 0.05) is 6.20 Å². The minimum Gasteiger partial charge on any atom is -0.383 e. The van der Waals surface area contributed by atoms with E-state index in [2.05, 4.69) is 36.1 Å². The maximum Gasteiger partial charge on any atom is 0.139 e. The highest BCUT2D eigenvalue weighted by Crippen LogP contribution is 2.09. The number of nitrogens with two attached hydrogens (primary N) is 1. The predicted octanol–water partition coefficient (Wildman–Crippen LogP) is 2.20. The Bertz CT molecular complexity index is 394. The van der Waals surface area contributed by atoms with E-state index >= 15 is 0 Å². The molecule has 0 fully saturated rings. The number of rotatable bonds is 0. The smallest absolute Gasteiger partial charge is 0.139 e. The number of nitrogen functional groups attached to an aromatic ring is 1. The van der Waals surface area contributed by atoms with Gasteiger partial charge in [-0.2, -0.15) is 0 Å². The molecule has 0 atom stereocenters. The maximum absolute atomic E-state index is 5.72. The average molecular weight is 204 g/mol. The second-order valence-electron chi connectivity index (χ2n) is 4.45. The van der Waals surface area contributed by atoms with Crippen LogP contribution in [0.15, 0.2) is 12.3 Å². The van der Waals surface area contributed by atoms with Crippen LogP contribution in [0.2, 0.25) is 19.6 Å². The molecule has 0 unspecified atom stereocenters. The number of nitrogens with zero attached hydrogens (tertiary/aromatic N) is 1. The Morgan fingerprint density at radius 1 is 1.36 bits per heavy atom. The Morgan fingerprint density at radius 2 is 2.00 bits per heavy atom. The van der Waals surface area contributed by atoms with E-state index in [1.54, 1.807) is 6.20 Å². The van der Waals surface area contributed by atoms with Gasteiger partial charge in [0.05, 0.1) is 5.56 Å². The van der Waals surface area contributed by atoms with Crippen LogP contribution in [0.4, 0.5) is 5.82 Å². The number of anilines is 1. The molecule has 2 nitrogen and oxygen atoms in total. The first-order valence-electron chi connectivity index (χ1n) is 4.64. The van der Waals surface area contributed by atoms with Gasteiger partial charge in [0.2, 0.25) is 0 Å². The molecule has 0 aromatic carbocycles. The molecule has 0 bridgehead atoms. The van der Waals surface area contributed by atoms with Gasteiger partial charge in [-0.3, -0.25) is 0 Å². The van der Waals surface area contributed by atoms with Crippen LogP contribution in [0.1, 0.15) is 11.1 Å². The summed E-state index contributed by atoms with van der Waals surface area (Å²) in [5.74, 6) is 3.65. The number of hydrogen-bond acceptors (Lipinski definition) is 2. The predicted molar refractivity (Wildman–Crippen MR) is 63.6 cm³/mol. The summed E-state index contributed by atoms with van der Waals surface area (Å²) >= 11 is 0. The van der Waals surface area contributed by atoms with Crippen molar-refractivity contribution in [3.63, 3.8) is 0 Å². The Kier molecular flexibility index (Phi) is 2.97. The van der Waals surface area contributed by atoms with E-state index in [4.69, 9.17) is 5.73 Å². The van der Waals surface area contributed by atoms with Crippen molar-refractivity contribution in [1.82, 2.24) is 4.98 Å². The average Bonchev–Trinajstić information content (AvgIpc) is 2.05. The highest BCUT2D eigenvalue weighted by molar-refractivity contribution is 6.83. The van der Waals surface area contributed by atoms with Crippen molar-refractivity contribution < 1.29 is 0 Å². The van der Waals surface area contributed by atoms with E-state index in [-0.39, 0.29) is 0 Å². The fourth-order valence-corrected chi connectivity index (χ4v) is 1.44. The number of pyridine rings is 1. The van der Waals surface area contributed by atoms with Crippen molar-refractivity contribution in [3.8, 4) is 11.5 Å². The Hall–Kier alpha value is -1.27. The molecule has 74 valence electrons. The minimum atomic E-state index is -1.32. The molecule has 1 heterocycles. The Labute approximate surface area is 86.6 Å². The SMILES string of the molecule is Cc1cnc(N)c(C#C[Si](C)(C)C)c1. The van der Waals surface area contributed by atoms with Crippen LogP contribution >= 0.6 is 0 Å². The lowest BCUT2D eigenvalue weighted by atomic mass is 10.2. The lowest BCUT2D eigenvalue weighted by Crippen LogP contribution is -2.16. The van der Waals surface area contributed by atoms with E-state index in [1.807, 2.05) is 13.0 Å². The molecule has 0 aliphatic carbocycles. The maximum atomic E-state index is 5.72. The summed E-state index contributed by atoms with van der Waals surface area (Å²) in [5.41, 5.74) is 10.9. The summed E-state index contributed by atoms with van der Waals surface area (Å²) in [6, 6.07) is 1.98. The normalized spacial score (nSPS) is 10.6. The van der Waals surface area contributed by atoms with Crippen molar-refractivity contribution in [2.45, 2.75) is 26.6 Å². The summed E-state index contributed by atoms with van der Waals surface area (Å²) in [5, 5.41) is 0. The Morgan fingerprint density at radius 3 is 2.57 bits per heavy atom. The van der Waals surface area contributed by atoms with E-state index in [9.17, 15) is 0 Å². The number of aromatic nitrogens is 1. The number of hydrogen-bond donors (Lipinski definition) is 1. The molecule has 0 aliphatic heterocycles. The molecule has 1 aromatic heterocycles. The van der Waals surface area contributed by atoms with Crippen LogP contribution in [-0.4, -0.2) is 13.1 Å². The summed E-state index contributed by atoms with van der Waals surface area (Å²) in [4.78, 5) is 4.07. The van der Waals surface area contributed by atoms with Crippen LogP contribution in [0, 0.1) is 18.4 Å². The van der Waals surface area contributed by atoms with Crippen LogP contribution in [0.25, 0.3) is 0 Å². The molecule has 3 heteroatoms. The van der Waals surface area contributed by atoms with Crippen molar-refractivity contribution in [3.05, 3.63) is 23.4 Å². The molecule has 0 amide bonds. The van der Waals surface area contributed by atoms with Crippen molar-refractivity contribution in [1.29, 1.82) is 0 Å². The van der Waals surface area contributed by atoms with Gasteiger partial charge in [-0.15, -0.1) is 5.54 Å². The zero-order valence-electron chi connectivity index (χ0n) is 9.18. The molecule has 14 heavy (non-hydrogen) atoms. The van der Waals surface area contributed by atoms with E-state index in [1.165, 1.54) is 0 Å². The summed E-state index contributed by atoms with van der Waals surface area (Å²) in [6.45, 7) is 8.62. The first kappa shape index (κ1) is 10.8. The molecule has 0 saturated heterocycles. The first-order valence-corrected chi connectivity index (χ1v) is 8.14. The van der Waals surface area contributed by atoms with E-state index in [0.717, 1.165) is 11.1 Å². The van der Waals surface area contributed by atoms with Crippen LogP contribution in [0.5, 0.6) is 0 Å². The molecule has 0 radical (unpaired) electrons. The first-order chi connectivity index (χ1) is 6.38. The topological polar surface area (TPSA) is 38.9 Å². The largest absolute Gasteiger partial charge is 0.383 e. The second-order valence-corrected chi connectivity index (χ2v) is 9.20.